The van der Waals surface area contributed by atoms with Crippen LogP contribution in [0.3, 0.4) is 0 Å². The smallest absolute Gasteiger partial charge is 0.374 e. The summed E-state index contributed by atoms with van der Waals surface area (Å²) < 4.78 is 45.0. The molecule has 3 rings (SSSR count). The van der Waals surface area contributed by atoms with Crippen LogP contribution in [0.1, 0.15) is 39.0 Å². The molecule has 10 heteroatoms. The first kappa shape index (κ1) is 18.9. The van der Waals surface area contributed by atoms with E-state index in [-0.39, 0.29) is 13.2 Å². The maximum Gasteiger partial charge on any atom is 0.411 e. The molecule has 3 aliphatic rings. The summed E-state index contributed by atoms with van der Waals surface area (Å²) in [6, 6.07) is -2.80. The molecular weight excluding hydrogens is 355 g/mol. The van der Waals surface area contributed by atoms with E-state index in [9.17, 15) is 27.6 Å². The minimum atomic E-state index is -4.66. The van der Waals surface area contributed by atoms with Crippen LogP contribution >= 0.6 is 0 Å². The van der Waals surface area contributed by atoms with Crippen molar-refractivity contribution in [2.75, 3.05) is 19.7 Å². The second-order valence-corrected chi connectivity index (χ2v) is 7.11. The van der Waals surface area contributed by atoms with Crippen molar-refractivity contribution in [3.8, 4) is 0 Å². The highest BCUT2D eigenvalue weighted by Gasteiger charge is 2.54. The Bertz CT molecular complexity index is 604. The predicted octanol–water partition coefficient (Wildman–Crippen LogP) is 1.42. The maximum atomic E-state index is 13.3. The molecule has 0 aromatic rings. The fourth-order valence-electron chi connectivity index (χ4n) is 4.08. The standard InChI is InChI=1S/C16H22F3N3O4/c1-10-12(16(17,18)19)21(7-8-26-10)11(23)9-22-13(24)15(20-14(22)25)5-3-2-4-6-15/h10,12H,2-9H2,1H3,(H,20,25)/t10-,12-/m0/s1. The Labute approximate surface area is 148 Å². The molecule has 146 valence electrons. The number of carbonyl (C=O) groups excluding carboxylic acids is 3. The second kappa shape index (κ2) is 6.71. The van der Waals surface area contributed by atoms with Gasteiger partial charge in [-0.3, -0.25) is 14.5 Å². The van der Waals surface area contributed by atoms with E-state index in [1.54, 1.807) is 0 Å². The van der Waals surface area contributed by atoms with Gasteiger partial charge < -0.3 is 15.0 Å². The van der Waals surface area contributed by atoms with Crippen LogP contribution in [0.5, 0.6) is 0 Å². The molecule has 4 amide bonds. The highest BCUT2D eigenvalue weighted by molar-refractivity contribution is 6.09. The van der Waals surface area contributed by atoms with E-state index in [1.165, 1.54) is 6.92 Å². The summed E-state index contributed by atoms with van der Waals surface area (Å²) in [6.07, 6.45) is -2.36. The number of rotatable bonds is 2. The molecule has 3 fully saturated rings. The van der Waals surface area contributed by atoms with E-state index in [0.717, 1.165) is 24.2 Å². The molecule has 0 aromatic heterocycles. The summed E-state index contributed by atoms with van der Waals surface area (Å²) in [5.74, 6) is -1.42. The molecule has 0 aromatic carbocycles. The van der Waals surface area contributed by atoms with E-state index in [2.05, 4.69) is 5.32 Å². The average molecular weight is 377 g/mol. The highest BCUT2D eigenvalue weighted by Crippen LogP contribution is 2.34. The summed E-state index contributed by atoms with van der Waals surface area (Å²) >= 11 is 0. The Hall–Kier alpha value is -1.84. The van der Waals surface area contributed by atoms with E-state index < -0.39 is 48.3 Å². The zero-order valence-electron chi connectivity index (χ0n) is 14.5. The Morgan fingerprint density at radius 1 is 1.27 bits per heavy atom. The van der Waals surface area contributed by atoms with E-state index >= 15 is 0 Å². The highest BCUT2D eigenvalue weighted by atomic mass is 19.4. The van der Waals surface area contributed by atoms with E-state index in [0.29, 0.717) is 17.7 Å². The Balaban J connectivity index is 1.74. The summed E-state index contributed by atoms with van der Waals surface area (Å²) in [5.41, 5.74) is -1.00. The van der Waals surface area contributed by atoms with Gasteiger partial charge in [-0.2, -0.15) is 13.2 Å². The average Bonchev–Trinajstić information content (AvgIpc) is 2.78. The predicted molar refractivity (Wildman–Crippen MR) is 83.0 cm³/mol. The van der Waals surface area contributed by atoms with Gasteiger partial charge in [-0.15, -0.1) is 0 Å². The number of nitrogens with zero attached hydrogens (tertiary/aromatic N) is 2. The van der Waals surface area contributed by atoms with Crippen LogP contribution in [0.25, 0.3) is 0 Å². The summed E-state index contributed by atoms with van der Waals surface area (Å²) in [6.45, 7) is 0.305. The van der Waals surface area contributed by atoms with Gasteiger partial charge in [0.1, 0.15) is 12.1 Å². The zero-order valence-corrected chi connectivity index (χ0v) is 14.5. The lowest BCUT2D eigenvalue weighted by atomic mass is 9.82. The monoisotopic (exact) mass is 377 g/mol. The number of urea groups is 1. The lowest BCUT2D eigenvalue weighted by Gasteiger charge is -2.41. The molecule has 1 saturated carbocycles. The molecular formula is C16H22F3N3O4. The largest absolute Gasteiger partial charge is 0.411 e. The zero-order chi connectivity index (χ0) is 19.1. The fourth-order valence-corrected chi connectivity index (χ4v) is 4.08. The molecule has 7 nitrogen and oxygen atoms in total. The molecule has 1 aliphatic carbocycles. The SMILES string of the molecule is C[C@@H]1OCCN(C(=O)CN2C(=O)NC3(CCCCC3)C2=O)[C@@H]1C(F)(F)F. The molecule has 26 heavy (non-hydrogen) atoms. The maximum absolute atomic E-state index is 13.3. The minimum absolute atomic E-state index is 0.0242. The number of carbonyl (C=O) groups is 3. The molecule has 2 aliphatic heterocycles. The number of hydrogen-bond acceptors (Lipinski definition) is 4. The molecule has 0 bridgehead atoms. The summed E-state index contributed by atoms with van der Waals surface area (Å²) in [4.78, 5) is 38.8. The van der Waals surface area contributed by atoms with Gasteiger partial charge in [0.25, 0.3) is 5.91 Å². The number of halogens is 3. The van der Waals surface area contributed by atoms with Crippen molar-refractivity contribution in [2.45, 2.75) is 62.9 Å². The third kappa shape index (κ3) is 3.26. The van der Waals surface area contributed by atoms with Crippen molar-refractivity contribution in [3.05, 3.63) is 0 Å². The van der Waals surface area contributed by atoms with Crippen molar-refractivity contribution in [2.24, 2.45) is 0 Å². The van der Waals surface area contributed by atoms with Gasteiger partial charge in [0.2, 0.25) is 5.91 Å². The van der Waals surface area contributed by atoms with Gasteiger partial charge in [0, 0.05) is 6.54 Å². The van der Waals surface area contributed by atoms with Crippen LogP contribution in [0.2, 0.25) is 0 Å². The van der Waals surface area contributed by atoms with Crippen LogP contribution in [0.15, 0.2) is 0 Å². The van der Waals surface area contributed by atoms with E-state index in [4.69, 9.17) is 4.74 Å². The van der Waals surface area contributed by atoms with Gasteiger partial charge >= 0.3 is 12.2 Å². The van der Waals surface area contributed by atoms with Crippen LogP contribution < -0.4 is 5.32 Å². The lowest BCUT2D eigenvalue weighted by molar-refractivity contribution is -0.230. The molecule has 2 saturated heterocycles. The van der Waals surface area contributed by atoms with Gasteiger partial charge in [0.05, 0.1) is 12.7 Å². The number of ether oxygens (including phenoxy) is 1. The first-order chi connectivity index (χ1) is 12.2. The molecule has 1 spiro atoms. The normalized spacial score (nSPS) is 29.2. The quantitative estimate of drug-likeness (QED) is 0.739. The van der Waals surface area contributed by atoms with Crippen LogP contribution in [-0.4, -0.2) is 71.2 Å². The van der Waals surface area contributed by atoms with Crippen molar-refractivity contribution >= 4 is 17.8 Å². The topological polar surface area (TPSA) is 79.0 Å². The van der Waals surface area contributed by atoms with Crippen LogP contribution in [0.4, 0.5) is 18.0 Å². The number of amides is 4. The van der Waals surface area contributed by atoms with Gasteiger partial charge in [-0.1, -0.05) is 19.3 Å². The minimum Gasteiger partial charge on any atom is -0.374 e. The Morgan fingerprint density at radius 2 is 1.92 bits per heavy atom. The number of imide groups is 1. The number of nitrogens with one attached hydrogen (secondary N) is 1. The molecule has 0 radical (unpaired) electrons. The van der Waals surface area contributed by atoms with Crippen molar-refractivity contribution in [1.29, 1.82) is 0 Å². The number of morpholine rings is 1. The number of hydrogen-bond donors (Lipinski definition) is 1. The first-order valence-corrected chi connectivity index (χ1v) is 8.78. The molecule has 2 heterocycles. The number of alkyl halides is 3. The third-order valence-corrected chi connectivity index (χ3v) is 5.40. The third-order valence-electron chi connectivity index (χ3n) is 5.40. The Kier molecular flexibility index (Phi) is 4.89. The Morgan fingerprint density at radius 3 is 2.54 bits per heavy atom. The van der Waals surface area contributed by atoms with Crippen molar-refractivity contribution < 1.29 is 32.3 Å². The molecule has 0 unspecified atom stereocenters. The lowest BCUT2D eigenvalue weighted by Crippen LogP contribution is -2.61. The first-order valence-electron chi connectivity index (χ1n) is 8.78. The van der Waals surface area contributed by atoms with Crippen LogP contribution in [0, 0.1) is 0 Å². The molecule has 2 atom stereocenters. The van der Waals surface area contributed by atoms with Gasteiger partial charge in [-0.05, 0) is 19.8 Å². The van der Waals surface area contributed by atoms with E-state index in [1.807, 2.05) is 0 Å². The van der Waals surface area contributed by atoms with Crippen LogP contribution in [-0.2, 0) is 14.3 Å². The summed E-state index contributed by atoms with van der Waals surface area (Å²) in [7, 11) is 0. The fraction of sp³-hybridized carbons (Fsp3) is 0.812. The molecule has 1 N–H and O–H groups in total. The summed E-state index contributed by atoms with van der Waals surface area (Å²) in [5, 5.41) is 2.65. The second-order valence-electron chi connectivity index (χ2n) is 7.11. The van der Waals surface area contributed by atoms with Gasteiger partial charge in [0.15, 0.2) is 6.04 Å². The van der Waals surface area contributed by atoms with Crippen molar-refractivity contribution in [1.82, 2.24) is 15.1 Å². The van der Waals surface area contributed by atoms with Gasteiger partial charge in [-0.25, -0.2) is 4.79 Å². The van der Waals surface area contributed by atoms with Crippen molar-refractivity contribution in [3.63, 3.8) is 0 Å².